The third-order valence-corrected chi connectivity index (χ3v) is 3.15. The Morgan fingerprint density at radius 1 is 1.38 bits per heavy atom. The third kappa shape index (κ3) is 2.66. The molecule has 2 heterocycles. The molecule has 1 N–H and O–H groups in total. The van der Waals surface area contributed by atoms with Crippen LogP contribution in [0.3, 0.4) is 0 Å². The standard InChI is InChI=1S/C12H11N3S/c13-8-11(12-2-1-7-16-12)15-9-10-3-5-14-6-4-10/h1-7,11,15H,9H2. The summed E-state index contributed by atoms with van der Waals surface area (Å²) in [6, 6.07) is 9.84. The summed E-state index contributed by atoms with van der Waals surface area (Å²) in [5.41, 5.74) is 1.13. The molecule has 0 bridgehead atoms. The molecule has 1 unspecified atom stereocenters. The zero-order chi connectivity index (χ0) is 11.2. The first-order chi connectivity index (χ1) is 7.90. The Balaban J connectivity index is 1.97. The zero-order valence-corrected chi connectivity index (χ0v) is 9.45. The van der Waals surface area contributed by atoms with Crippen LogP contribution in [0.1, 0.15) is 16.5 Å². The number of hydrogen-bond acceptors (Lipinski definition) is 4. The van der Waals surface area contributed by atoms with Crippen LogP contribution in [-0.2, 0) is 6.54 Å². The molecule has 3 nitrogen and oxygen atoms in total. The fourth-order valence-electron chi connectivity index (χ4n) is 1.39. The Morgan fingerprint density at radius 2 is 2.19 bits per heavy atom. The Kier molecular flexibility index (Phi) is 3.65. The molecular weight excluding hydrogens is 218 g/mol. The van der Waals surface area contributed by atoms with Crippen molar-refractivity contribution in [3.8, 4) is 6.07 Å². The third-order valence-electron chi connectivity index (χ3n) is 2.22. The molecule has 80 valence electrons. The molecule has 0 saturated carbocycles. The van der Waals surface area contributed by atoms with Gasteiger partial charge in [0.05, 0.1) is 6.07 Å². The van der Waals surface area contributed by atoms with Crippen LogP contribution >= 0.6 is 11.3 Å². The van der Waals surface area contributed by atoms with Crippen LogP contribution < -0.4 is 5.32 Å². The van der Waals surface area contributed by atoms with Crippen molar-refractivity contribution < 1.29 is 0 Å². The summed E-state index contributed by atoms with van der Waals surface area (Å²) in [5, 5.41) is 14.2. The van der Waals surface area contributed by atoms with E-state index in [1.54, 1.807) is 23.7 Å². The highest BCUT2D eigenvalue weighted by Crippen LogP contribution is 2.18. The van der Waals surface area contributed by atoms with Crippen LogP contribution in [0.25, 0.3) is 0 Å². The Hall–Kier alpha value is -1.70. The monoisotopic (exact) mass is 229 g/mol. The molecule has 0 aliphatic heterocycles. The number of hydrogen-bond donors (Lipinski definition) is 1. The second-order valence-corrected chi connectivity index (χ2v) is 4.29. The lowest BCUT2D eigenvalue weighted by atomic mass is 10.2. The Morgan fingerprint density at radius 3 is 2.81 bits per heavy atom. The van der Waals surface area contributed by atoms with Crippen LogP contribution in [0.5, 0.6) is 0 Å². The summed E-state index contributed by atoms with van der Waals surface area (Å²) < 4.78 is 0. The number of pyridine rings is 1. The van der Waals surface area contributed by atoms with E-state index in [0.29, 0.717) is 6.54 Å². The van der Waals surface area contributed by atoms with Gasteiger partial charge in [0.15, 0.2) is 0 Å². The molecule has 16 heavy (non-hydrogen) atoms. The Labute approximate surface area is 98.4 Å². The predicted octanol–water partition coefficient (Wildman–Crippen LogP) is 2.50. The van der Waals surface area contributed by atoms with E-state index >= 15 is 0 Å². The molecule has 0 spiro atoms. The zero-order valence-electron chi connectivity index (χ0n) is 8.63. The van der Waals surface area contributed by atoms with Crippen molar-refractivity contribution in [3.05, 3.63) is 52.5 Å². The first-order valence-electron chi connectivity index (χ1n) is 4.95. The summed E-state index contributed by atoms with van der Waals surface area (Å²) in [5.74, 6) is 0. The van der Waals surface area contributed by atoms with Crippen LogP contribution in [0.15, 0.2) is 42.0 Å². The molecule has 2 rings (SSSR count). The molecule has 2 aromatic rings. The van der Waals surface area contributed by atoms with Gasteiger partial charge in [-0.3, -0.25) is 10.3 Å². The molecule has 4 heteroatoms. The molecule has 0 aliphatic rings. The largest absolute Gasteiger partial charge is 0.293 e. The van der Waals surface area contributed by atoms with E-state index in [0.717, 1.165) is 10.4 Å². The van der Waals surface area contributed by atoms with Crippen LogP contribution in [0.4, 0.5) is 0 Å². The maximum Gasteiger partial charge on any atom is 0.130 e. The average molecular weight is 229 g/mol. The van der Waals surface area contributed by atoms with Crippen molar-refractivity contribution in [2.24, 2.45) is 0 Å². The molecule has 0 amide bonds. The van der Waals surface area contributed by atoms with Gasteiger partial charge in [0.1, 0.15) is 6.04 Å². The maximum atomic E-state index is 9.06. The number of rotatable bonds is 4. The highest BCUT2D eigenvalue weighted by molar-refractivity contribution is 7.10. The summed E-state index contributed by atoms with van der Waals surface area (Å²) in [6.45, 7) is 0.679. The molecule has 0 aromatic carbocycles. The number of thiophene rings is 1. The number of nitrogens with one attached hydrogen (secondary N) is 1. The fraction of sp³-hybridized carbons (Fsp3) is 0.167. The minimum atomic E-state index is -0.229. The molecule has 2 aromatic heterocycles. The predicted molar refractivity (Wildman–Crippen MR) is 63.7 cm³/mol. The Bertz CT molecular complexity index is 459. The summed E-state index contributed by atoms with van der Waals surface area (Å²) in [7, 11) is 0. The van der Waals surface area contributed by atoms with E-state index in [1.807, 2.05) is 29.6 Å². The van der Waals surface area contributed by atoms with E-state index in [1.165, 1.54) is 0 Å². The van der Waals surface area contributed by atoms with Gasteiger partial charge in [0.25, 0.3) is 0 Å². The number of nitrogens with zero attached hydrogens (tertiary/aromatic N) is 2. The normalized spacial score (nSPS) is 11.9. The van der Waals surface area contributed by atoms with Crippen LogP contribution in [0, 0.1) is 11.3 Å². The van der Waals surface area contributed by atoms with Gasteiger partial charge in [-0.1, -0.05) is 6.07 Å². The van der Waals surface area contributed by atoms with Crippen molar-refractivity contribution in [2.45, 2.75) is 12.6 Å². The second kappa shape index (κ2) is 5.40. The first-order valence-corrected chi connectivity index (χ1v) is 5.83. The lowest BCUT2D eigenvalue weighted by molar-refractivity contribution is 0.638. The minimum Gasteiger partial charge on any atom is -0.293 e. The minimum absolute atomic E-state index is 0.229. The van der Waals surface area contributed by atoms with Gasteiger partial charge in [0.2, 0.25) is 0 Å². The number of nitriles is 1. The smallest absolute Gasteiger partial charge is 0.130 e. The van der Waals surface area contributed by atoms with Gasteiger partial charge in [-0.2, -0.15) is 5.26 Å². The quantitative estimate of drug-likeness (QED) is 0.876. The molecule has 0 radical (unpaired) electrons. The first kappa shape index (κ1) is 10.8. The summed E-state index contributed by atoms with van der Waals surface area (Å²) in [6.07, 6.45) is 3.51. The van der Waals surface area contributed by atoms with Gasteiger partial charge in [-0.25, -0.2) is 0 Å². The SMILES string of the molecule is N#CC(NCc1ccncc1)c1cccs1. The van der Waals surface area contributed by atoms with E-state index in [9.17, 15) is 0 Å². The van der Waals surface area contributed by atoms with E-state index in [-0.39, 0.29) is 6.04 Å². The van der Waals surface area contributed by atoms with E-state index in [4.69, 9.17) is 5.26 Å². The lowest BCUT2D eigenvalue weighted by Gasteiger charge is -2.09. The summed E-state index contributed by atoms with van der Waals surface area (Å²) >= 11 is 1.59. The van der Waals surface area contributed by atoms with Crippen molar-refractivity contribution in [3.63, 3.8) is 0 Å². The molecular formula is C12H11N3S. The average Bonchev–Trinajstić information content (AvgIpc) is 2.85. The van der Waals surface area contributed by atoms with Gasteiger partial charge >= 0.3 is 0 Å². The molecule has 0 saturated heterocycles. The lowest BCUT2D eigenvalue weighted by Crippen LogP contribution is -2.18. The fourth-order valence-corrected chi connectivity index (χ4v) is 2.13. The van der Waals surface area contributed by atoms with Gasteiger partial charge in [-0.05, 0) is 29.1 Å². The van der Waals surface area contributed by atoms with Crippen molar-refractivity contribution in [2.75, 3.05) is 0 Å². The topological polar surface area (TPSA) is 48.7 Å². The second-order valence-electron chi connectivity index (χ2n) is 3.31. The van der Waals surface area contributed by atoms with Crippen molar-refractivity contribution in [1.82, 2.24) is 10.3 Å². The van der Waals surface area contributed by atoms with Gasteiger partial charge in [-0.15, -0.1) is 11.3 Å². The van der Waals surface area contributed by atoms with E-state index in [2.05, 4.69) is 16.4 Å². The van der Waals surface area contributed by atoms with Crippen molar-refractivity contribution in [1.29, 1.82) is 5.26 Å². The highest BCUT2D eigenvalue weighted by atomic mass is 32.1. The highest BCUT2D eigenvalue weighted by Gasteiger charge is 2.09. The molecule has 1 atom stereocenters. The number of aromatic nitrogens is 1. The van der Waals surface area contributed by atoms with Crippen LogP contribution in [-0.4, -0.2) is 4.98 Å². The van der Waals surface area contributed by atoms with Gasteiger partial charge in [0, 0.05) is 23.8 Å². The maximum absolute atomic E-state index is 9.06. The van der Waals surface area contributed by atoms with Gasteiger partial charge < -0.3 is 0 Å². The molecule has 0 aliphatic carbocycles. The summed E-state index contributed by atoms with van der Waals surface area (Å²) in [4.78, 5) is 5.00. The van der Waals surface area contributed by atoms with Crippen LogP contribution in [0.2, 0.25) is 0 Å². The van der Waals surface area contributed by atoms with E-state index < -0.39 is 0 Å². The van der Waals surface area contributed by atoms with Crippen molar-refractivity contribution >= 4 is 11.3 Å². The molecule has 0 fully saturated rings.